The minimum Gasteiger partial charge on any atom is -0.740 e. The van der Waals surface area contributed by atoms with E-state index >= 15 is 0 Å². The van der Waals surface area contributed by atoms with Crippen molar-refractivity contribution in [1.29, 1.82) is 0 Å². The van der Waals surface area contributed by atoms with Crippen molar-refractivity contribution in [1.82, 2.24) is 0 Å². The van der Waals surface area contributed by atoms with Gasteiger partial charge in [0.2, 0.25) is 0 Å². The first-order chi connectivity index (χ1) is 15.7. The van der Waals surface area contributed by atoms with Gasteiger partial charge in [0.25, 0.3) is 0 Å². The third-order valence-electron chi connectivity index (χ3n) is 6.36. The van der Waals surface area contributed by atoms with Crippen molar-refractivity contribution in [3.63, 3.8) is 0 Å². The summed E-state index contributed by atoms with van der Waals surface area (Å²) < 4.78 is 26.1. The maximum atomic E-state index is 10.7. The lowest BCUT2D eigenvalue weighted by molar-refractivity contribution is 0.440. The summed E-state index contributed by atoms with van der Waals surface area (Å²) in [5.41, 5.74) is 1.35. The van der Waals surface area contributed by atoms with Gasteiger partial charge < -0.3 is 8.74 Å². The van der Waals surface area contributed by atoms with Gasteiger partial charge in [-0.2, -0.15) is 0 Å². The standard InChI is InChI=1S/C28H44O3S/c1-2-3-4-5-6-7-8-9-10-11-12-13-14-15-16-17-18-25-19-20-27-24-28(31-32(29)30)22-21-26(27)23-25/h19-24H,2-18H2,1H3,(H,29,30)/p-1. The topological polar surface area (TPSA) is 49.4 Å². The second kappa shape index (κ2) is 17.1. The zero-order chi connectivity index (χ0) is 22.9. The quantitative estimate of drug-likeness (QED) is 0.156. The Bertz CT molecular complexity index is 774. The molecule has 1 atom stereocenters. The van der Waals surface area contributed by atoms with Crippen molar-refractivity contribution in [2.24, 2.45) is 0 Å². The summed E-state index contributed by atoms with van der Waals surface area (Å²) in [4.78, 5) is 0. The summed E-state index contributed by atoms with van der Waals surface area (Å²) in [6, 6.07) is 11.8. The van der Waals surface area contributed by atoms with Crippen LogP contribution in [0.1, 0.15) is 115 Å². The van der Waals surface area contributed by atoms with E-state index in [1.54, 1.807) is 12.1 Å². The molecule has 0 fully saturated rings. The molecule has 0 aliphatic rings. The van der Waals surface area contributed by atoms with Crippen LogP contribution >= 0.6 is 0 Å². The van der Waals surface area contributed by atoms with E-state index < -0.39 is 11.4 Å². The van der Waals surface area contributed by atoms with Crippen molar-refractivity contribution in [3.05, 3.63) is 42.0 Å². The molecule has 0 saturated carbocycles. The lowest BCUT2D eigenvalue weighted by Crippen LogP contribution is -1.97. The molecule has 3 nitrogen and oxygen atoms in total. The van der Waals surface area contributed by atoms with Crippen molar-refractivity contribution < 1.29 is 12.9 Å². The zero-order valence-corrected chi connectivity index (χ0v) is 20.9. The molecule has 2 aromatic carbocycles. The molecule has 0 amide bonds. The van der Waals surface area contributed by atoms with Crippen LogP contribution in [0.4, 0.5) is 0 Å². The minimum absolute atomic E-state index is 0.358. The molecule has 0 aliphatic heterocycles. The Labute approximate surface area is 198 Å². The summed E-state index contributed by atoms with van der Waals surface area (Å²) in [6.07, 6.45) is 23.4. The maximum absolute atomic E-state index is 10.7. The minimum atomic E-state index is -2.53. The Balaban J connectivity index is 1.45. The number of aryl methyl sites for hydroxylation is 1. The van der Waals surface area contributed by atoms with E-state index in [1.165, 1.54) is 108 Å². The van der Waals surface area contributed by atoms with Crippen molar-refractivity contribution in [3.8, 4) is 5.75 Å². The molecule has 2 rings (SSSR count). The molecule has 0 heterocycles. The second-order valence-corrected chi connectivity index (χ2v) is 9.76. The van der Waals surface area contributed by atoms with Crippen LogP contribution in [0.2, 0.25) is 0 Å². The molecule has 1 unspecified atom stereocenters. The Morgan fingerprint density at radius 3 is 1.66 bits per heavy atom. The zero-order valence-electron chi connectivity index (χ0n) is 20.1. The third-order valence-corrected chi connectivity index (χ3v) is 6.69. The maximum Gasteiger partial charge on any atom is 0.139 e. The monoisotopic (exact) mass is 459 g/mol. The van der Waals surface area contributed by atoms with Gasteiger partial charge in [-0.25, -0.2) is 4.21 Å². The van der Waals surface area contributed by atoms with Crippen molar-refractivity contribution in [2.75, 3.05) is 0 Å². The largest absolute Gasteiger partial charge is 0.740 e. The lowest BCUT2D eigenvalue weighted by atomic mass is 10.0. The van der Waals surface area contributed by atoms with Gasteiger partial charge in [-0.15, -0.1) is 0 Å². The first-order valence-corrected chi connectivity index (χ1v) is 14.0. The molecule has 0 spiro atoms. The van der Waals surface area contributed by atoms with E-state index in [-0.39, 0.29) is 0 Å². The van der Waals surface area contributed by atoms with Gasteiger partial charge in [0, 0.05) is 0 Å². The van der Waals surface area contributed by atoms with Crippen LogP contribution in [0, 0.1) is 0 Å². The van der Waals surface area contributed by atoms with E-state index in [9.17, 15) is 8.76 Å². The summed E-state index contributed by atoms with van der Waals surface area (Å²) in [7, 11) is 0. The molecular weight excluding hydrogens is 416 g/mol. The molecule has 2 aromatic rings. The Morgan fingerprint density at radius 2 is 1.12 bits per heavy atom. The molecule has 0 radical (unpaired) electrons. The molecule has 0 aliphatic carbocycles. The number of rotatable bonds is 19. The number of fused-ring (bicyclic) bond motifs is 1. The number of unbranched alkanes of at least 4 members (excludes halogenated alkanes) is 15. The van der Waals surface area contributed by atoms with Gasteiger partial charge in [0.15, 0.2) is 0 Å². The van der Waals surface area contributed by atoms with Gasteiger partial charge in [-0.3, -0.25) is 0 Å². The second-order valence-electron chi connectivity index (χ2n) is 9.18. The van der Waals surface area contributed by atoms with Crippen molar-refractivity contribution >= 4 is 22.1 Å². The summed E-state index contributed by atoms with van der Waals surface area (Å²) in [6.45, 7) is 2.28. The fourth-order valence-electron chi connectivity index (χ4n) is 4.44. The van der Waals surface area contributed by atoms with Gasteiger partial charge in [-0.1, -0.05) is 128 Å². The van der Waals surface area contributed by atoms with Crippen LogP contribution in [0.25, 0.3) is 10.8 Å². The van der Waals surface area contributed by atoms with E-state index in [1.807, 2.05) is 6.07 Å². The highest BCUT2D eigenvalue weighted by molar-refractivity contribution is 7.74. The van der Waals surface area contributed by atoms with E-state index in [0.717, 1.165) is 17.2 Å². The first-order valence-electron chi connectivity index (χ1n) is 13.0. The Hall–Kier alpha value is -1.39. The summed E-state index contributed by atoms with van der Waals surface area (Å²) in [5, 5.41) is 2.13. The average molecular weight is 460 g/mol. The summed E-state index contributed by atoms with van der Waals surface area (Å²) in [5.74, 6) is 0.358. The fraction of sp³-hybridized carbons (Fsp3) is 0.643. The van der Waals surface area contributed by atoms with E-state index in [4.69, 9.17) is 4.18 Å². The molecule has 0 saturated heterocycles. The lowest BCUT2D eigenvalue weighted by Gasteiger charge is -2.09. The predicted octanol–water partition coefficient (Wildman–Crippen LogP) is 8.82. The van der Waals surface area contributed by atoms with Crippen LogP contribution < -0.4 is 4.18 Å². The van der Waals surface area contributed by atoms with Gasteiger partial charge in [0.05, 0.1) is 0 Å². The first kappa shape index (κ1) is 26.9. The number of benzene rings is 2. The van der Waals surface area contributed by atoms with Gasteiger partial charge in [0.1, 0.15) is 17.1 Å². The highest BCUT2D eigenvalue weighted by Crippen LogP contribution is 2.23. The smallest absolute Gasteiger partial charge is 0.139 e. The Morgan fingerprint density at radius 1 is 0.656 bits per heavy atom. The highest BCUT2D eigenvalue weighted by atomic mass is 32.2. The SMILES string of the molecule is CCCCCCCCCCCCCCCCCCc1ccc2cc(OS(=O)[O-])ccc2c1. The van der Waals surface area contributed by atoms with Crippen LogP contribution in [0.3, 0.4) is 0 Å². The average Bonchev–Trinajstić information content (AvgIpc) is 2.78. The molecule has 0 N–H and O–H groups in total. The molecule has 32 heavy (non-hydrogen) atoms. The highest BCUT2D eigenvalue weighted by Gasteiger charge is 2.01. The number of hydrogen-bond acceptors (Lipinski definition) is 3. The van der Waals surface area contributed by atoms with E-state index in [0.29, 0.717) is 5.75 Å². The van der Waals surface area contributed by atoms with Crippen LogP contribution in [-0.2, 0) is 17.8 Å². The van der Waals surface area contributed by atoms with Crippen LogP contribution in [0.5, 0.6) is 5.75 Å². The van der Waals surface area contributed by atoms with Crippen LogP contribution in [0.15, 0.2) is 36.4 Å². The van der Waals surface area contributed by atoms with Crippen LogP contribution in [-0.4, -0.2) is 8.76 Å². The molecule has 0 aromatic heterocycles. The third kappa shape index (κ3) is 12.0. The van der Waals surface area contributed by atoms with Crippen molar-refractivity contribution in [2.45, 2.75) is 116 Å². The van der Waals surface area contributed by atoms with Gasteiger partial charge >= 0.3 is 0 Å². The Kier molecular flexibility index (Phi) is 14.4. The molecule has 4 heteroatoms. The van der Waals surface area contributed by atoms with E-state index in [2.05, 4.69) is 25.1 Å². The number of hydrogen-bond donors (Lipinski definition) is 0. The molecule has 180 valence electrons. The predicted molar refractivity (Wildman–Crippen MR) is 137 cm³/mol. The summed E-state index contributed by atoms with van der Waals surface area (Å²) >= 11 is -2.53. The molecular formula is C28H43O3S-. The fourth-order valence-corrected chi connectivity index (χ4v) is 4.70. The van der Waals surface area contributed by atoms with Gasteiger partial charge in [-0.05, 0) is 41.3 Å². The molecule has 0 bridgehead atoms. The normalized spacial score (nSPS) is 12.3.